The van der Waals surface area contributed by atoms with Crippen molar-refractivity contribution in [3.63, 3.8) is 0 Å². The Balaban J connectivity index is 1.53. The van der Waals surface area contributed by atoms with Gasteiger partial charge in [-0.05, 0) is 51.8 Å². The van der Waals surface area contributed by atoms with Gasteiger partial charge in [0.05, 0.1) is 23.6 Å². The highest BCUT2D eigenvalue weighted by molar-refractivity contribution is 5.76. The molecule has 1 aliphatic rings. The lowest BCUT2D eigenvalue weighted by Crippen LogP contribution is -2.45. The van der Waals surface area contributed by atoms with Crippen molar-refractivity contribution in [2.45, 2.75) is 59.3 Å². The number of hydrogen-bond donors (Lipinski definition) is 1. The molecule has 1 aliphatic heterocycles. The Morgan fingerprint density at radius 2 is 2.00 bits per heavy atom. The van der Waals surface area contributed by atoms with Crippen molar-refractivity contribution in [2.24, 2.45) is 0 Å². The predicted molar refractivity (Wildman–Crippen MR) is 105 cm³/mol. The maximum absolute atomic E-state index is 14.6. The molecule has 28 heavy (non-hydrogen) atoms. The van der Waals surface area contributed by atoms with Crippen LogP contribution in [0.25, 0.3) is 0 Å². The van der Waals surface area contributed by atoms with Crippen LogP contribution < -0.4 is 10.2 Å². The van der Waals surface area contributed by atoms with Crippen LogP contribution in [0.1, 0.15) is 42.8 Å². The van der Waals surface area contributed by atoms with Crippen LogP contribution in [0, 0.1) is 19.7 Å². The second-order valence-corrected chi connectivity index (χ2v) is 7.53. The molecule has 1 fully saturated rings. The van der Waals surface area contributed by atoms with Crippen molar-refractivity contribution in [3.05, 3.63) is 46.6 Å². The number of aromatic nitrogens is 1. The van der Waals surface area contributed by atoms with Crippen LogP contribution >= 0.6 is 0 Å². The number of aryl methyl sites for hydroxylation is 2. The highest BCUT2D eigenvalue weighted by atomic mass is 19.1. The Bertz CT molecular complexity index is 807. The van der Waals surface area contributed by atoms with Crippen LogP contribution in [-0.2, 0) is 22.5 Å². The lowest BCUT2D eigenvalue weighted by molar-refractivity contribution is -0.121. The molecule has 2 heterocycles. The van der Waals surface area contributed by atoms with Gasteiger partial charge in [0.15, 0.2) is 0 Å². The van der Waals surface area contributed by atoms with E-state index in [9.17, 15) is 9.18 Å². The number of carbonyl (C=O) groups is 1. The average Bonchev–Trinajstić information content (AvgIpc) is 2.95. The third-order valence-electron chi connectivity index (χ3n) is 5.05. The zero-order chi connectivity index (χ0) is 20.3. The summed E-state index contributed by atoms with van der Waals surface area (Å²) in [4.78, 5) is 14.1. The van der Waals surface area contributed by atoms with Crippen LogP contribution in [0.15, 0.2) is 22.7 Å². The van der Waals surface area contributed by atoms with Gasteiger partial charge < -0.3 is 19.5 Å². The topological polar surface area (TPSA) is 67.6 Å². The molecule has 7 heteroatoms. The van der Waals surface area contributed by atoms with Gasteiger partial charge >= 0.3 is 0 Å². The van der Waals surface area contributed by atoms with Crippen LogP contribution in [0.2, 0.25) is 0 Å². The molecule has 1 aromatic carbocycles. The quantitative estimate of drug-likeness (QED) is 0.821. The van der Waals surface area contributed by atoms with Gasteiger partial charge in [-0.15, -0.1) is 0 Å². The molecule has 1 N–H and O–H groups in total. The van der Waals surface area contributed by atoms with Gasteiger partial charge in [0.25, 0.3) is 0 Å². The Labute approximate surface area is 165 Å². The first-order chi connectivity index (χ1) is 13.3. The monoisotopic (exact) mass is 389 g/mol. The number of morpholine rings is 1. The van der Waals surface area contributed by atoms with Crippen molar-refractivity contribution < 1.29 is 18.4 Å². The van der Waals surface area contributed by atoms with E-state index in [-0.39, 0.29) is 23.9 Å². The minimum Gasteiger partial charge on any atom is -0.372 e. The van der Waals surface area contributed by atoms with E-state index in [1.165, 1.54) is 6.07 Å². The zero-order valence-electron chi connectivity index (χ0n) is 16.9. The van der Waals surface area contributed by atoms with Gasteiger partial charge in [-0.3, -0.25) is 4.79 Å². The molecule has 3 rings (SSSR count). The van der Waals surface area contributed by atoms with E-state index in [1.54, 1.807) is 6.07 Å². The molecule has 1 aromatic heterocycles. The maximum atomic E-state index is 14.6. The Hall–Kier alpha value is -2.41. The predicted octanol–water partition coefficient (Wildman–Crippen LogP) is 3.29. The number of amides is 1. The number of nitrogens with one attached hydrogen (secondary N) is 1. The first kappa shape index (κ1) is 20.3. The van der Waals surface area contributed by atoms with Crippen molar-refractivity contribution in [2.75, 3.05) is 18.0 Å². The molecule has 1 amide bonds. The van der Waals surface area contributed by atoms with Gasteiger partial charge in [0.2, 0.25) is 5.91 Å². The van der Waals surface area contributed by atoms with Gasteiger partial charge in [-0.1, -0.05) is 11.2 Å². The number of nitrogens with zero attached hydrogens (tertiary/aromatic N) is 2. The lowest BCUT2D eigenvalue weighted by atomic mass is 10.1. The molecule has 152 valence electrons. The highest BCUT2D eigenvalue weighted by Crippen LogP contribution is 2.24. The molecular formula is C21H28FN3O3. The minimum atomic E-state index is -0.274. The molecule has 0 saturated carbocycles. The van der Waals surface area contributed by atoms with E-state index in [1.807, 2.05) is 38.7 Å². The fourth-order valence-corrected chi connectivity index (χ4v) is 3.68. The van der Waals surface area contributed by atoms with E-state index in [0.29, 0.717) is 38.2 Å². The van der Waals surface area contributed by atoms with Gasteiger partial charge in [0, 0.05) is 31.6 Å². The first-order valence-electron chi connectivity index (χ1n) is 9.70. The molecule has 2 atom stereocenters. The SMILES string of the molecule is Cc1noc(C)c1CCC(=O)NCc1ccc(N2C[C@@H](C)O[C@H](C)C2)c(F)c1. The van der Waals surface area contributed by atoms with Crippen LogP contribution in [0.4, 0.5) is 10.1 Å². The molecule has 1 saturated heterocycles. The van der Waals surface area contributed by atoms with Crippen LogP contribution in [0.3, 0.4) is 0 Å². The van der Waals surface area contributed by atoms with E-state index in [0.717, 1.165) is 22.6 Å². The van der Waals surface area contributed by atoms with Gasteiger partial charge in [-0.2, -0.15) is 0 Å². The van der Waals surface area contributed by atoms with E-state index >= 15 is 0 Å². The summed E-state index contributed by atoms with van der Waals surface area (Å²) in [5.74, 6) is 0.388. The van der Waals surface area contributed by atoms with Crippen LogP contribution in [-0.4, -0.2) is 36.4 Å². The number of ether oxygens (including phenoxy) is 1. The van der Waals surface area contributed by atoms with E-state index < -0.39 is 0 Å². The largest absolute Gasteiger partial charge is 0.372 e. The second kappa shape index (κ2) is 8.73. The normalized spacial score (nSPS) is 19.7. The lowest BCUT2D eigenvalue weighted by Gasteiger charge is -2.37. The number of rotatable bonds is 6. The van der Waals surface area contributed by atoms with Crippen molar-refractivity contribution in [1.82, 2.24) is 10.5 Å². The summed E-state index contributed by atoms with van der Waals surface area (Å²) in [7, 11) is 0. The molecule has 0 aliphatic carbocycles. The number of anilines is 1. The molecular weight excluding hydrogens is 361 g/mol. The summed E-state index contributed by atoms with van der Waals surface area (Å²) in [5.41, 5.74) is 3.10. The standard InChI is InChI=1S/C21H28FN3O3/c1-13-11-25(12-14(2)27-13)20-7-5-17(9-19(20)22)10-23-21(26)8-6-18-15(3)24-28-16(18)4/h5,7,9,13-14H,6,8,10-12H2,1-4H3,(H,23,26)/t13-,14-/m1/s1. The second-order valence-electron chi connectivity index (χ2n) is 7.53. The van der Waals surface area contributed by atoms with Crippen molar-refractivity contribution in [3.8, 4) is 0 Å². The highest BCUT2D eigenvalue weighted by Gasteiger charge is 2.24. The Kier molecular flexibility index (Phi) is 6.34. The fraction of sp³-hybridized carbons (Fsp3) is 0.524. The third-order valence-corrected chi connectivity index (χ3v) is 5.05. The Morgan fingerprint density at radius 1 is 1.29 bits per heavy atom. The molecule has 6 nitrogen and oxygen atoms in total. The number of carbonyl (C=O) groups excluding carboxylic acids is 1. The van der Waals surface area contributed by atoms with E-state index in [2.05, 4.69) is 10.5 Å². The molecule has 2 aromatic rings. The smallest absolute Gasteiger partial charge is 0.220 e. The fourth-order valence-electron chi connectivity index (χ4n) is 3.68. The Morgan fingerprint density at radius 3 is 2.61 bits per heavy atom. The minimum absolute atomic E-state index is 0.0693. The summed E-state index contributed by atoms with van der Waals surface area (Å²) in [6.45, 7) is 9.32. The molecule has 0 spiro atoms. The van der Waals surface area contributed by atoms with Gasteiger partial charge in [-0.25, -0.2) is 4.39 Å². The summed E-state index contributed by atoms with van der Waals surface area (Å²) in [5, 5.41) is 6.74. The van der Waals surface area contributed by atoms with Gasteiger partial charge in [0.1, 0.15) is 11.6 Å². The number of benzene rings is 1. The van der Waals surface area contributed by atoms with Crippen molar-refractivity contribution in [1.29, 1.82) is 0 Å². The van der Waals surface area contributed by atoms with Crippen LogP contribution in [0.5, 0.6) is 0 Å². The molecule has 0 unspecified atom stereocenters. The molecule has 0 bridgehead atoms. The number of halogens is 1. The summed E-state index contributed by atoms with van der Waals surface area (Å²) >= 11 is 0. The summed E-state index contributed by atoms with van der Waals surface area (Å²) in [6.07, 6.45) is 1.06. The van der Waals surface area contributed by atoms with E-state index in [4.69, 9.17) is 9.26 Å². The first-order valence-corrected chi connectivity index (χ1v) is 9.70. The summed E-state index contributed by atoms with van der Waals surface area (Å²) in [6, 6.07) is 5.14. The zero-order valence-corrected chi connectivity index (χ0v) is 16.9. The third kappa shape index (κ3) is 4.90. The van der Waals surface area contributed by atoms with Crippen molar-refractivity contribution >= 4 is 11.6 Å². The summed E-state index contributed by atoms with van der Waals surface area (Å²) < 4.78 is 25.4. The average molecular weight is 389 g/mol. The number of hydrogen-bond acceptors (Lipinski definition) is 5. The molecule has 0 radical (unpaired) electrons. The maximum Gasteiger partial charge on any atom is 0.220 e.